The minimum atomic E-state index is -2.24. The van der Waals surface area contributed by atoms with Crippen molar-refractivity contribution in [3.05, 3.63) is 212 Å². The Morgan fingerprint density at radius 2 is 0.577 bits per heavy atom. The van der Waals surface area contributed by atoms with Gasteiger partial charge in [-0.25, -0.2) is 0 Å². The molecule has 22 atom stereocenters. The quantitative estimate of drug-likeness (QED) is 0.0617. The molecule has 4 fully saturated rings. The van der Waals surface area contributed by atoms with Crippen molar-refractivity contribution < 1.29 is 196 Å². The van der Waals surface area contributed by atoms with Gasteiger partial charge < -0.3 is 162 Å². The first-order valence-electron chi connectivity index (χ1n) is 47.7. The lowest BCUT2D eigenvalue weighted by Gasteiger charge is -2.42. The molecule has 0 unspecified atom stereocenters. The molecule has 149 heavy (non-hydrogen) atoms. The monoisotopic (exact) mass is 2070 g/mol. The molecular formula is C105H110N4O40. The highest BCUT2D eigenvalue weighted by Crippen LogP contribution is 2.59. The minimum absolute atomic E-state index is 0.00588. The van der Waals surface area contributed by atoms with E-state index in [1.54, 1.807) is 26.0 Å². The Morgan fingerprint density at radius 3 is 0.839 bits per heavy atom. The number of phenols is 8. The molecule has 0 bridgehead atoms. The maximum absolute atomic E-state index is 13.6. The topological polar surface area (TPSA) is 754 Å². The highest BCUT2D eigenvalue weighted by atomic mass is 16.7. The number of ketones is 12. The zero-order valence-electron chi connectivity index (χ0n) is 81.3. The Kier molecular flexibility index (Phi) is 28.9. The normalized spacial score (nSPS) is 29.7. The summed E-state index contributed by atoms with van der Waals surface area (Å²) in [7, 11) is 4.00. The molecule has 20 rings (SSSR count). The molecule has 790 valence electrons. The second-order valence-electron chi connectivity index (χ2n) is 39.4. The molecule has 0 radical (unpaired) electrons. The van der Waals surface area contributed by atoms with Gasteiger partial charge in [-0.3, -0.25) is 57.5 Å². The number of carbonyl (C=O) groups excluding carboxylic acids is 12. The molecule has 0 aromatic heterocycles. The molecule has 4 saturated heterocycles. The van der Waals surface area contributed by atoms with Crippen LogP contribution in [0.3, 0.4) is 0 Å². The van der Waals surface area contributed by atoms with E-state index in [2.05, 4.69) is 0 Å². The van der Waals surface area contributed by atoms with E-state index >= 15 is 0 Å². The summed E-state index contributed by atoms with van der Waals surface area (Å²) in [6.07, 6.45) is -17.0. The number of ether oxygens (including phenoxy) is 11. The van der Waals surface area contributed by atoms with Gasteiger partial charge in [-0.05, 0) is 52.8 Å². The van der Waals surface area contributed by atoms with E-state index in [1.165, 1.54) is 109 Å². The summed E-state index contributed by atoms with van der Waals surface area (Å²) in [6, 6.07) is 16.6. The van der Waals surface area contributed by atoms with Gasteiger partial charge in [0.2, 0.25) is 17.3 Å². The number of benzene rings is 8. The molecule has 4 aliphatic heterocycles. The van der Waals surface area contributed by atoms with Crippen LogP contribution < -0.4 is 37.1 Å². The summed E-state index contributed by atoms with van der Waals surface area (Å²) in [6.45, 7) is 5.48. The lowest BCUT2D eigenvalue weighted by Crippen LogP contribution is -2.53. The Morgan fingerprint density at radius 1 is 0.336 bits per heavy atom. The highest BCUT2D eigenvalue weighted by molar-refractivity contribution is 6.34. The van der Waals surface area contributed by atoms with Gasteiger partial charge in [0.05, 0.1) is 157 Å². The molecular weight excluding hydrogens is 1960 g/mol. The van der Waals surface area contributed by atoms with Crippen LogP contribution >= 0.6 is 0 Å². The summed E-state index contributed by atoms with van der Waals surface area (Å²) in [4.78, 5) is 158. The predicted octanol–water partition coefficient (Wildman–Crippen LogP) is 2.30. The summed E-state index contributed by atoms with van der Waals surface area (Å²) < 4.78 is 62.3. The Labute approximate surface area is 846 Å². The van der Waals surface area contributed by atoms with Crippen molar-refractivity contribution in [2.24, 2.45) is 22.9 Å². The number of aromatic hydroxyl groups is 8. The van der Waals surface area contributed by atoms with Crippen LogP contribution in [0.5, 0.6) is 63.2 Å². The first-order valence-corrected chi connectivity index (χ1v) is 47.7. The molecule has 0 saturated carbocycles. The molecule has 12 aliphatic rings. The molecule has 4 heterocycles. The minimum Gasteiger partial charge on any atom is -0.507 e. The van der Waals surface area contributed by atoms with Gasteiger partial charge in [-0.1, -0.05) is 60.7 Å². The maximum Gasteiger partial charge on any atom is 0.202 e. The number of fused-ring (bicyclic) bond motifs is 12. The number of phenolic OH excluding ortho intramolecular Hbond substituents is 8. The Bertz CT molecular complexity index is 6770. The van der Waals surface area contributed by atoms with Crippen molar-refractivity contribution in [2.75, 3.05) is 41.2 Å². The first kappa shape index (κ1) is 107. The SMILES string of the molecule is CC(=O)[C@]1(O)Cc2c(O)c3c(c(O)c2[C@@H](O[C@H]2C[C@H](N)[C@H](O)[C@H](C)O2)C1)C(=O)c1ccccc1C3=O.COc1cccc2c1C(=O)c1c(O)c3c(c(O)c1C2=O)C[C@@](O)(C(=O)CO)C[C@@H]3O[C@H]1C[C@H](N)[C@H](O)[C@H](C)O1.COc1cccc2c1C(=O)c1c(O)c3c(c(O)c1C2=O)C[C@@](O)(C(C)=O)C[C@@H]3O[C@H]1C[C@H](N)[C@@H](O)CO1.COc1cccc2c1C(=O)c1c(O)c3c(c(O)c1C2=O)C[C@@](O)(C(C)=O)C[C@@H]3O[C@H]1C[C@H](N)[C@H](O)CO1. The number of hydrogen-bond donors (Lipinski definition) is 21. The van der Waals surface area contributed by atoms with Gasteiger partial charge in [0.15, 0.2) is 77.2 Å². The number of hydrogen-bond acceptors (Lipinski definition) is 44. The van der Waals surface area contributed by atoms with Crippen LogP contribution in [0.4, 0.5) is 0 Å². The van der Waals surface area contributed by atoms with Crippen molar-refractivity contribution in [1.82, 2.24) is 0 Å². The van der Waals surface area contributed by atoms with E-state index in [1.807, 2.05) is 0 Å². The molecule has 44 nitrogen and oxygen atoms in total. The zero-order valence-corrected chi connectivity index (χ0v) is 81.3. The largest absolute Gasteiger partial charge is 0.507 e. The smallest absolute Gasteiger partial charge is 0.202 e. The van der Waals surface area contributed by atoms with Gasteiger partial charge >= 0.3 is 0 Å². The van der Waals surface area contributed by atoms with Crippen LogP contribution in [0.15, 0.2) is 78.9 Å². The molecule has 0 amide bonds. The zero-order chi connectivity index (χ0) is 108. The number of rotatable bonds is 16. The van der Waals surface area contributed by atoms with Gasteiger partial charge in [-0.15, -0.1) is 0 Å². The summed E-state index contributed by atoms with van der Waals surface area (Å²) in [5.74, 6) is -13.2. The standard InChI is InChI=1S/C27H29NO11.2C26H27NO10.C26H27NO9/c1-10-22(31)13(28)6-17(38-10)39-15-8-27(36,16(30)9-29)7-12-19(15)26(35)21-20(24(12)33)23(32)11-4-3-5-14(37-2)18(11)25(21)34;2*1-10(28)26(34)7-12-19(16(8-26)37-17-6-13(27)14(29)9-36-17)25(33)21-20(23(12)31)22(30)11-4-3-5-15(35-2)18(11)24(21)32;1-10-21(29)15(27)7-17(35-10)36-16-9-26(34,11(2)28)8-14-18(16)25(33)20-19(24(14)32)22(30)12-5-3-4-6-13(12)23(20)31/h3-5,10,13,15,17,22,29,31,33,35-36H,6-9,28H2,1-2H3;2*3-5,13-14,16-17,29,31,33-34H,6-9,27H2,1-2H3;3-6,10,15-17,21,29,32-34H,7-9,27H2,1-2H3/t10-,13-,15-,17-,22+,27-;13-,14+,16-,17-,26-;13-,14-,16-,17-,26-;10-,15-,16-,17-,21+,26-/m0000/s1. The van der Waals surface area contributed by atoms with E-state index in [-0.39, 0.29) is 176 Å². The third-order valence-electron chi connectivity index (χ3n) is 30.2. The summed E-state index contributed by atoms with van der Waals surface area (Å²) in [5.41, 5.74) is 11.6. The fraction of sp³-hybridized carbons (Fsp3) is 0.429. The Hall–Kier alpha value is -13.2. The van der Waals surface area contributed by atoms with Crippen molar-refractivity contribution in [3.8, 4) is 63.2 Å². The average Bonchev–Trinajstić information content (AvgIpc) is 0.721. The fourth-order valence-corrected chi connectivity index (χ4v) is 21.9. The molecule has 44 heteroatoms. The van der Waals surface area contributed by atoms with E-state index in [9.17, 15) is 144 Å². The molecule has 8 aliphatic carbocycles. The number of carbonyl (C=O) groups is 12. The number of nitrogens with two attached hydrogens (primary N) is 4. The van der Waals surface area contributed by atoms with Crippen LogP contribution in [0.25, 0.3) is 0 Å². The third kappa shape index (κ3) is 18.1. The number of Topliss-reactive ketones (excluding diaryl/α,β-unsaturated/α-hetero) is 4. The maximum atomic E-state index is 13.6. The summed E-state index contributed by atoms with van der Waals surface area (Å²) in [5, 5.41) is 185. The van der Waals surface area contributed by atoms with Gasteiger partial charge in [0, 0.05) is 174 Å². The van der Waals surface area contributed by atoms with Crippen LogP contribution in [0.2, 0.25) is 0 Å². The molecule has 0 spiro atoms. The van der Waals surface area contributed by atoms with E-state index in [0.717, 1.165) is 0 Å². The fourth-order valence-electron chi connectivity index (χ4n) is 21.9. The van der Waals surface area contributed by atoms with Crippen LogP contribution in [0.1, 0.15) is 282 Å². The van der Waals surface area contributed by atoms with Gasteiger partial charge in [-0.2, -0.15) is 0 Å². The summed E-state index contributed by atoms with van der Waals surface area (Å²) >= 11 is 0. The number of methoxy groups -OCH3 is 3. The lowest BCUT2D eigenvalue weighted by atomic mass is 9.72. The lowest BCUT2D eigenvalue weighted by molar-refractivity contribution is -0.247. The van der Waals surface area contributed by atoms with Crippen molar-refractivity contribution in [3.63, 3.8) is 0 Å². The van der Waals surface area contributed by atoms with E-state index in [4.69, 9.17) is 75.0 Å². The van der Waals surface area contributed by atoms with Crippen LogP contribution in [-0.4, -0.2) is 306 Å². The number of aliphatic hydroxyl groups is 9. The van der Waals surface area contributed by atoms with Crippen molar-refractivity contribution >= 4 is 69.4 Å². The van der Waals surface area contributed by atoms with E-state index in [0.29, 0.717) is 0 Å². The molecule has 8 aromatic carbocycles. The molecule has 25 N–H and O–H groups in total. The molecule has 8 aromatic rings. The third-order valence-corrected chi connectivity index (χ3v) is 30.2. The van der Waals surface area contributed by atoms with Crippen LogP contribution in [-0.2, 0) is 82.8 Å². The second-order valence-corrected chi connectivity index (χ2v) is 39.4. The Balaban J connectivity index is 0.000000135. The number of aliphatic hydroxyl groups excluding tert-OH is 5. The van der Waals surface area contributed by atoms with Crippen molar-refractivity contribution in [1.29, 1.82) is 0 Å². The van der Waals surface area contributed by atoms with Gasteiger partial charge in [0.25, 0.3) is 0 Å². The average molecular weight is 2070 g/mol. The second kappa shape index (κ2) is 40.2. The van der Waals surface area contributed by atoms with E-state index < -0.39 is 320 Å². The van der Waals surface area contributed by atoms with Crippen LogP contribution in [0, 0.1) is 0 Å². The predicted molar refractivity (Wildman–Crippen MR) is 507 cm³/mol. The highest BCUT2D eigenvalue weighted by Gasteiger charge is 2.57. The first-order chi connectivity index (χ1) is 70.3. The van der Waals surface area contributed by atoms with Gasteiger partial charge in [0.1, 0.15) is 92.3 Å². The van der Waals surface area contributed by atoms with Crippen molar-refractivity contribution in [2.45, 2.75) is 244 Å².